The molecule has 2 amide bonds. The highest BCUT2D eigenvalue weighted by Gasteiger charge is 2.53. The molecule has 4 heteroatoms. The van der Waals surface area contributed by atoms with Crippen molar-refractivity contribution in [1.29, 1.82) is 0 Å². The van der Waals surface area contributed by atoms with Crippen molar-refractivity contribution in [2.75, 3.05) is 10.6 Å². The van der Waals surface area contributed by atoms with E-state index in [4.69, 9.17) is 5.73 Å². The average Bonchev–Trinajstić information content (AvgIpc) is 2.93. The number of nitrogens with zero attached hydrogens (tertiary/aromatic N) is 1. The molecule has 3 rings (SSSR count). The van der Waals surface area contributed by atoms with Crippen LogP contribution >= 0.6 is 0 Å². The number of amides is 2. The molecule has 0 unspecified atom stereocenters. The van der Waals surface area contributed by atoms with Crippen LogP contribution in [0.2, 0.25) is 0 Å². The molecule has 0 atom stereocenters. The third-order valence-electron chi connectivity index (χ3n) is 4.84. The van der Waals surface area contributed by atoms with Gasteiger partial charge in [0, 0.05) is 6.42 Å². The maximum Gasteiger partial charge on any atom is 0.240 e. The molecule has 1 spiro atoms. The second kappa shape index (κ2) is 4.33. The topological polar surface area (TPSA) is 63.4 Å². The van der Waals surface area contributed by atoms with Gasteiger partial charge in [0.25, 0.3) is 0 Å². The van der Waals surface area contributed by atoms with E-state index in [0.29, 0.717) is 17.8 Å². The lowest BCUT2D eigenvalue weighted by atomic mass is 9.84. The third kappa shape index (κ3) is 1.74. The van der Waals surface area contributed by atoms with Gasteiger partial charge in [-0.05, 0) is 49.9 Å². The van der Waals surface area contributed by atoms with E-state index >= 15 is 0 Å². The van der Waals surface area contributed by atoms with E-state index in [0.717, 1.165) is 36.8 Å². The predicted octanol–water partition coefficient (Wildman–Crippen LogP) is 2.71. The first kappa shape index (κ1) is 13.2. The van der Waals surface area contributed by atoms with Crippen LogP contribution in [0.5, 0.6) is 0 Å². The van der Waals surface area contributed by atoms with Gasteiger partial charge in [-0.25, -0.2) is 4.90 Å². The Morgan fingerprint density at radius 2 is 1.70 bits per heavy atom. The van der Waals surface area contributed by atoms with Crippen LogP contribution in [-0.4, -0.2) is 11.8 Å². The van der Waals surface area contributed by atoms with Crippen molar-refractivity contribution in [3.05, 3.63) is 23.3 Å². The molecule has 1 aliphatic heterocycles. The average molecular weight is 272 g/mol. The Morgan fingerprint density at radius 3 is 2.35 bits per heavy atom. The highest BCUT2D eigenvalue weighted by Crippen LogP contribution is 2.48. The molecule has 2 N–H and O–H groups in total. The van der Waals surface area contributed by atoms with Crippen molar-refractivity contribution >= 4 is 23.2 Å². The molecule has 106 valence electrons. The van der Waals surface area contributed by atoms with Crippen LogP contribution in [0.3, 0.4) is 0 Å². The lowest BCUT2D eigenvalue weighted by molar-refractivity contribution is -0.125. The first-order valence-electron chi connectivity index (χ1n) is 7.19. The van der Waals surface area contributed by atoms with E-state index in [1.54, 1.807) is 0 Å². The fraction of sp³-hybridized carbons (Fsp3) is 0.500. The van der Waals surface area contributed by atoms with Gasteiger partial charge in [-0.3, -0.25) is 9.59 Å². The Labute approximate surface area is 118 Å². The van der Waals surface area contributed by atoms with Crippen LogP contribution < -0.4 is 10.6 Å². The lowest BCUT2D eigenvalue weighted by Gasteiger charge is -2.22. The van der Waals surface area contributed by atoms with Crippen LogP contribution in [0.15, 0.2) is 12.1 Å². The van der Waals surface area contributed by atoms with Crippen molar-refractivity contribution < 1.29 is 9.59 Å². The van der Waals surface area contributed by atoms with Crippen molar-refractivity contribution in [2.24, 2.45) is 5.41 Å². The highest BCUT2D eigenvalue weighted by molar-refractivity contribution is 6.23. The summed E-state index contributed by atoms with van der Waals surface area (Å²) in [5, 5.41) is 0. The van der Waals surface area contributed by atoms with Crippen LogP contribution in [-0.2, 0) is 9.59 Å². The number of hydrogen-bond acceptors (Lipinski definition) is 3. The Morgan fingerprint density at radius 1 is 1.10 bits per heavy atom. The zero-order chi connectivity index (χ0) is 14.5. The smallest absolute Gasteiger partial charge is 0.240 e. The van der Waals surface area contributed by atoms with Gasteiger partial charge in [-0.1, -0.05) is 12.8 Å². The third-order valence-corrected chi connectivity index (χ3v) is 4.84. The standard InChI is InChI=1S/C16H20N2O2/c1-10-7-12(17)13(8-11(10)2)18-14(19)9-16(15(18)20)5-3-4-6-16/h7-8H,3-6,9,17H2,1-2H3. The van der Waals surface area contributed by atoms with Gasteiger partial charge in [0.15, 0.2) is 0 Å². The molecule has 1 aromatic rings. The molecule has 0 aromatic heterocycles. The Kier molecular flexibility index (Phi) is 2.85. The van der Waals surface area contributed by atoms with Crippen molar-refractivity contribution in [3.63, 3.8) is 0 Å². The minimum Gasteiger partial charge on any atom is -0.397 e. The summed E-state index contributed by atoms with van der Waals surface area (Å²) in [5.41, 5.74) is 8.77. The number of hydrogen-bond donors (Lipinski definition) is 1. The molecule has 0 radical (unpaired) electrons. The van der Waals surface area contributed by atoms with E-state index in [1.165, 1.54) is 4.90 Å². The normalized spacial score (nSPS) is 21.2. The molecule has 1 heterocycles. The summed E-state index contributed by atoms with van der Waals surface area (Å²) in [6.07, 6.45) is 4.08. The number of carbonyl (C=O) groups excluding carboxylic acids is 2. The van der Waals surface area contributed by atoms with Crippen LogP contribution in [0, 0.1) is 19.3 Å². The lowest BCUT2D eigenvalue weighted by Crippen LogP contribution is -2.35. The maximum absolute atomic E-state index is 12.7. The molecule has 1 saturated carbocycles. The highest BCUT2D eigenvalue weighted by atomic mass is 16.2. The van der Waals surface area contributed by atoms with Gasteiger partial charge in [0.05, 0.1) is 16.8 Å². The van der Waals surface area contributed by atoms with Crippen molar-refractivity contribution in [1.82, 2.24) is 0 Å². The molecule has 4 nitrogen and oxygen atoms in total. The summed E-state index contributed by atoms with van der Waals surface area (Å²) in [7, 11) is 0. The SMILES string of the molecule is Cc1cc(N)c(N2C(=O)CC3(CCCC3)C2=O)cc1C. The number of benzene rings is 1. The summed E-state index contributed by atoms with van der Waals surface area (Å²) in [6, 6.07) is 3.69. The van der Waals surface area contributed by atoms with E-state index in [9.17, 15) is 9.59 Å². The predicted molar refractivity (Wildman–Crippen MR) is 78.3 cm³/mol. The molecule has 0 bridgehead atoms. The Hall–Kier alpha value is -1.84. The number of aryl methyl sites for hydroxylation is 2. The van der Waals surface area contributed by atoms with Crippen LogP contribution in [0.4, 0.5) is 11.4 Å². The Balaban J connectivity index is 2.04. The fourth-order valence-corrected chi connectivity index (χ4v) is 3.50. The zero-order valence-corrected chi connectivity index (χ0v) is 12.0. The molecule has 1 aromatic carbocycles. The fourth-order valence-electron chi connectivity index (χ4n) is 3.50. The number of carbonyl (C=O) groups is 2. The van der Waals surface area contributed by atoms with E-state index in [1.807, 2.05) is 26.0 Å². The second-order valence-corrected chi connectivity index (χ2v) is 6.19. The summed E-state index contributed by atoms with van der Waals surface area (Å²) >= 11 is 0. The van der Waals surface area contributed by atoms with Gasteiger partial charge < -0.3 is 5.73 Å². The van der Waals surface area contributed by atoms with Gasteiger partial charge in [-0.2, -0.15) is 0 Å². The van der Waals surface area contributed by atoms with Crippen LogP contribution in [0.25, 0.3) is 0 Å². The van der Waals surface area contributed by atoms with Crippen LogP contribution in [0.1, 0.15) is 43.2 Å². The van der Waals surface area contributed by atoms with Gasteiger partial charge in [-0.15, -0.1) is 0 Å². The quantitative estimate of drug-likeness (QED) is 0.631. The molecule has 20 heavy (non-hydrogen) atoms. The van der Waals surface area contributed by atoms with Gasteiger partial charge in [0.1, 0.15) is 0 Å². The zero-order valence-electron chi connectivity index (χ0n) is 12.0. The minimum absolute atomic E-state index is 0.0463. The molecule has 2 fully saturated rings. The second-order valence-electron chi connectivity index (χ2n) is 6.19. The maximum atomic E-state index is 12.7. The van der Waals surface area contributed by atoms with E-state index in [2.05, 4.69) is 0 Å². The first-order valence-corrected chi connectivity index (χ1v) is 7.19. The number of nitrogen functional groups attached to an aromatic ring is 1. The summed E-state index contributed by atoms with van der Waals surface area (Å²) in [4.78, 5) is 26.4. The van der Waals surface area contributed by atoms with Crippen molar-refractivity contribution in [3.8, 4) is 0 Å². The first-order chi connectivity index (χ1) is 9.44. The largest absolute Gasteiger partial charge is 0.397 e. The van der Waals surface area contributed by atoms with Gasteiger partial charge >= 0.3 is 0 Å². The number of imide groups is 1. The van der Waals surface area contributed by atoms with Gasteiger partial charge in [0.2, 0.25) is 11.8 Å². The van der Waals surface area contributed by atoms with Crippen molar-refractivity contribution in [2.45, 2.75) is 46.0 Å². The number of anilines is 2. The molecular weight excluding hydrogens is 252 g/mol. The molecule has 1 saturated heterocycles. The van der Waals surface area contributed by atoms with E-state index in [-0.39, 0.29) is 11.8 Å². The summed E-state index contributed by atoms with van der Waals surface area (Å²) in [5.74, 6) is -0.151. The number of rotatable bonds is 1. The molecule has 1 aliphatic carbocycles. The number of nitrogens with two attached hydrogens (primary N) is 1. The molecule has 2 aliphatic rings. The van der Waals surface area contributed by atoms with E-state index < -0.39 is 5.41 Å². The Bertz CT molecular complexity index is 601. The minimum atomic E-state index is -0.442. The summed E-state index contributed by atoms with van der Waals surface area (Å²) < 4.78 is 0. The summed E-state index contributed by atoms with van der Waals surface area (Å²) in [6.45, 7) is 3.94. The molecular formula is C16H20N2O2. The monoisotopic (exact) mass is 272 g/mol.